The average Bonchev–Trinajstić information content (AvgIpc) is 2.41. The Kier molecular flexibility index (Phi) is 7.08. The fourth-order valence-corrected chi connectivity index (χ4v) is 2.03. The molecule has 0 radical (unpaired) electrons. The van der Waals surface area contributed by atoms with E-state index in [0.29, 0.717) is 12.2 Å². The Morgan fingerprint density at radius 3 is 2.80 bits per heavy atom. The molecule has 1 aromatic carbocycles. The molecule has 0 aromatic heterocycles. The van der Waals surface area contributed by atoms with Crippen molar-refractivity contribution in [3.8, 4) is 5.75 Å². The average molecular weight is 344 g/mol. The summed E-state index contributed by atoms with van der Waals surface area (Å²) >= 11 is 3.31. The molecule has 1 amide bonds. The molecule has 2 N–H and O–H groups in total. The Morgan fingerprint density at radius 1 is 1.45 bits per heavy atom. The Hall–Kier alpha value is -1.56. The molecule has 20 heavy (non-hydrogen) atoms. The Labute approximate surface area is 126 Å². The summed E-state index contributed by atoms with van der Waals surface area (Å²) in [5.74, 6) is -1.18. The first-order valence-corrected chi connectivity index (χ1v) is 7.20. The first-order chi connectivity index (χ1) is 9.52. The number of halogens is 1. The van der Waals surface area contributed by atoms with Gasteiger partial charge < -0.3 is 15.2 Å². The number of rotatable bonds is 8. The fraction of sp³-hybridized carbons (Fsp3) is 0.429. The Bertz CT molecular complexity index is 464. The van der Waals surface area contributed by atoms with Crippen molar-refractivity contribution in [3.63, 3.8) is 0 Å². The van der Waals surface area contributed by atoms with Crippen LogP contribution in [0.3, 0.4) is 0 Å². The molecule has 0 saturated heterocycles. The van der Waals surface area contributed by atoms with Crippen molar-refractivity contribution in [2.75, 3.05) is 13.2 Å². The van der Waals surface area contributed by atoms with E-state index in [1.54, 1.807) is 18.2 Å². The van der Waals surface area contributed by atoms with E-state index in [1.807, 2.05) is 13.0 Å². The zero-order chi connectivity index (χ0) is 15.0. The normalized spacial score (nSPS) is 11.7. The molecule has 0 saturated carbocycles. The third-order valence-corrected chi connectivity index (χ3v) is 3.19. The highest BCUT2D eigenvalue weighted by Crippen LogP contribution is 2.17. The lowest BCUT2D eigenvalue weighted by molar-refractivity contribution is -0.142. The Morgan fingerprint density at radius 2 is 2.20 bits per heavy atom. The first-order valence-electron chi connectivity index (χ1n) is 6.40. The summed E-state index contributed by atoms with van der Waals surface area (Å²) in [6.07, 6.45) is 1.31. The number of carboxylic acid groups (broad SMARTS) is 1. The molecule has 0 aliphatic rings. The van der Waals surface area contributed by atoms with Gasteiger partial charge in [-0.15, -0.1) is 0 Å². The lowest BCUT2D eigenvalue weighted by Crippen LogP contribution is -2.35. The predicted molar refractivity (Wildman–Crippen MR) is 78.7 cm³/mol. The largest absolute Gasteiger partial charge is 0.484 e. The number of carboxylic acids is 1. The molecule has 1 atom stereocenters. The standard InChI is InChI=1S/C14H18BrNO4/c1-2-4-10(14(18)19)8-16-13(17)9-20-12-6-3-5-11(15)7-12/h3,5-7,10H,2,4,8-9H2,1H3,(H,16,17)(H,18,19). The van der Waals surface area contributed by atoms with Gasteiger partial charge in [-0.05, 0) is 24.6 Å². The van der Waals surface area contributed by atoms with Crippen LogP contribution in [-0.2, 0) is 9.59 Å². The van der Waals surface area contributed by atoms with Gasteiger partial charge in [0.1, 0.15) is 5.75 Å². The third kappa shape index (κ3) is 6.06. The number of benzene rings is 1. The maximum Gasteiger partial charge on any atom is 0.308 e. The van der Waals surface area contributed by atoms with Crippen LogP contribution in [0.1, 0.15) is 19.8 Å². The molecule has 110 valence electrons. The number of carbonyl (C=O) groups excluding carboxylic acids is 1. The minimum absolute atomic E-state index is 0.129. The van der Waals surface area contributed by atoms with E-state index in [4.69, 9.17) is 9.84 Å². The van der Waals surface area contributed by atoms with Gasteiger partial charge in [-0.1, -0.05) is 35.3 Å². The SMILES string of the molecule is CCCC(CNC(=O)COc1cccc(Br)c1)C(=O)O. The number of ether oxygens (including phenoxy) is 1. The fourth-order valence-electron chi connectivity index (χ4n) is 1.66. The predicted octanol–water partition coefficient (Wildman–Crippen LogP) is 2.45. The second-order valence-corrected chi connectivity index (χ2v) is 5.29. The molecule has 0 spiro atoms. The summed E-state index contributed by atoms with van der Waals surface area (Å²) in [5.41, 5.74) is 0. The van der Waals surface area contributed by atoms with Gasteiger partial charge in [0.2, 0.25) is 0 Å². The second-order valence-electron chi connectivity index (χ2n) is 4.37. The van der Waals surface area contributed by atoms with E-state index in [0.717, 1.165) is 10.9 Å². The van der Waals surface area contributed by atoms with E-state index in [9.17, 15) is 9.59 Å². The van der Waals surface area contributed by atoms with Crippen molar-refractivity contribution < 1.29 is 19.4 Å². The zero-order valence-corrected chi connectivity index (χ0v) is 12.9. The van der Waals surface area contributed by atoms with Crippen LogP contribution in [0.25, 0.3) is 0 Å². The van der Waals surface area contributed by atoms with Crippen LogP contribution in [0.15, 0.2) is 28.7 Å². The van der Waals surface area contributed by atoms with E-state index < -0.39 is 11.9 Å². The van der Waals surface area contributed by atoms with Gasteiger partial charge in [0, 0.05) is 11.0 Å². The van der Waals surface area contributed by atoms with E-state index in [1.165, 1.54) is 0 Å². The summed E-state index contributed by atoms with van der Waals surface area (Å²) in [5, 5.41) is 11.5. The number of nitrogens with one attached hydrogen (secondary N) is 1. The topological polar surface area (TPSA) is 75.6 Å². The number of amides is 1. The number of carbonyl (C=O) groups is 2. The van der Waals surface area contributed by atoms with E-state index in [2.05, 4.69) is 21.2 Å². The summed E-state index contributed by atoms with van der Waals surface area (Å²) < 4.78 is 6.18. The second kappa shape index (κ2) is 8.58. The maximum atomic E-state index is 11.6. The first kappa shape index (κ1) is 16.5. The molecular weight excluding hydrogens is 326 g/mol. The minimum atomic E-state index is -0.889. The third-order valence-electron chi connectivity index (χ3n) is 2.70. The Balaban J connectivity index is 2.34. The maximum absolute atomic E-state index is 11.6. The summed E-state index contributed by atoms with van der Waals surface area (Å²) in [4.78, 5) is 22.5. The number of hydrogen-bond acceptors (Lipinski definition) is 3. The van der Waals surface area contributed by atoms with E-state index >= 15 is 0 Å². The molecule has 5 nitrogen and oxygen atoms in total. The molecule has 0 heterocycles. The zero-order valence-electron chi connectivity index (χ0n) is 11.3. The van der Waals surface area contributed by atoms with Crippen LogP contribution in [0.5, 0.6) is 5.75 Å². The van der Waals surface area contributed by atoms with Gasteiger partial charge in [0.05, 0.1) is 5.92 Å². The van der Waals surface area contributed by atoms with Crippen LogP contribution >= 0.6 is 15.9 Å². The van der Waals surface area contributed by atoms with Gasteiger partial charge in [-0.2, -0.15) is 0 Å². The molecule has 1 unspecified atom stereocenters. The molecule has 6 heteroatoms. The van der Waals surface area contributed by atoms with Crippen molar-refractivity contribution in [2.45, 2.75) is 19.8 Å². The number of hydrogen-bond donors (Lipinski definition) is 2. The summed E-state index contributed by atoms with van der Waals surface area (Å²) in [6, 6.07) is 7.16. The van der Waals surface area contributed by atoms with Crippen molar-refractivity contribution in [1.29, 1.82) is 0 Å². The van der Waals surface area contributed by atoms with Crippen molar-refractivity contribution in [2.24, 2.45) is 5.92 Å². The van der Waals surface area contributed by atoms with Gasteiger partial charge in [-0.3, -0.25) is 9.59 Å². The monoisotopic (exact) mass is 343 g/mol. The van der Waals surface area contributed by atoms with Gasteiger partial charge in [0.25, 0.3) is 5.91 Å². The molecule has 0 aliphatic carbocycles. The van der Waals surface area contributed by atoms with Crippen LogP contribution in [0.4, 0.5) is 0 Å². The van der Waals surface area contributed by atoms with Crippen molar-refractivity contribution in [3.05, 3.63) is 28.7 Å². The van der Waals surface area contributed by atoms with Gasteiger partial charge >= 0.3 is 5.97 Å². The van der Waals surface area contributed by atoms with Crippen LogP contribution in [-0.4, -0.2) is 30.1 Å². The smallest absolute Gasteiger partial charge is 0.308 e. The van der Waals surface area contributed by atoms with Crippen LogP contribution in [0.2, 0.25) is 0 Å². The highest BCUT2D eigenvalue weighted by atomic mass is 79.9. The minimum Gasteiger partial charge on any atom is -0.484 e. The lowest BCUT2D eigenvalue weighted by Gasteiger charge is -2.12. The van der Waals surface area contributed by atoms with Gasteiger partial charge in [-0.25, -0.2) is 0 Å². The molecule has 0 bridgehead atoms. The summed E-state index contributed by atoms with van der Waals surface area (Å²) in [6.45, 7) is 1.91. The highest BCUT2D eigenvalue weighted by molar-refractivity contribution is 9.10. The number of aliphatic carboxylic acids is 1. The molecule has 1 aromatic rings. The van der Waals surface area contributed by atoms with Crippen molar-refractivity contribution >= 4 is 27.8 Å². The molecule has 0 aliphatic heterocycles. The quantitative estimate of drug-likeness (QED) is 0.760. The lowest BCUT2D eigenvalue weighted by atomic mass is 10.0. The van der Waals surface area contributed by atoms with E-state index in [-0.39, 0.29) is 19.1 Å². The van der Waals surface area contributed by atoms with Crippen molar-refractivity contribution in [1.82, 2.24) is 5.32 Å². The van der Waals surface area contributed by atoms with Crippen LogP contribution in [0, 0.1) is 5.92 Å². The highest BCUT2D eigenvalue weighted by Gasteiger charge is 2.17. The summed E-state index contributed by atoms with van der Waals surface area (Å²) in [7, 11) is 0. The molecule has 1 rings (SSSR count). The van der Waals surface area contributed by atoms with Crippen LogP contribution < -0.4 is 10.1 Å². The van der Waals surface area contributed by atoms with Gasteiger partial charge in [0.15, 0.2) is 6.61 Å². The molecule has 0 fully saturated rings. The molecular formula is C14H18BrNO4.